The molecule has 0 radical (unpaired) electrons. The third-order valence-corrected chi connectivity index (χ3v) is 2.71. The molecule has 0 saturated carbocycles. The number of fused-ring (bicyclic) bond motifs is 1. The molecule has 0 aliphatic carbocycles. The van der Waals surface area contributed by atoms with E-state index >= 15 is 0 Å². The number of rotatable bonds is 3. The molecular formula is C10H15N3O2. The molecular weight excluding hydrogens is 194 g/mol. The minimum Gasteiger partial charge on any atom is -0.480 e. The molecule has 1 aromatic rings. The van der Waals surface area contributed by atoms with Crippen molar-refractivity contribution in [3.63, 3.8) is 0 Å². The van der Waals surface area contributed by atoms with Crippen LogP contribution in [-0.2, 0) is 30.7 Å². The quantitative estimate of drug-likeness (QED) is 0.745. The molecule has 0 unspecified atom stereocenters. The van der Waals surface area contributed by atoms with Gasteiger partial charge < -0.3 is 10.4 Å². The maximum absolute atomic E-state index is 10.7. The van der Waals surface area contributed by atoms with Crippen LogP contribution in [-0.4, -0.2) is 27.4 Å². The van der Waals surface area contributed by atoms with Crippen molar-refractivity contribution in [1.29, 1.82) is 0 Å². The van der Waals surface area contributed by atoms with Gasteiger partial charge in [-0.15, -0.1) is 0 Å². The van der Waals surface area contributed by atoms with Crippen LogP contribution in [0.3, 0.4) is 0 Å². The second-order valence-electron chi connectivity index (χ2n) is 3.70. The molecule has 0 amide bonds. The molecule has 2 rings (SSSR count). The van der Waals surface area contributed by atoms with Gasteiger partial charge >= 0.3 is 5.97 Å². The molecule has 0 fully saturated rings. The molecule has 2 N–H and O–H groups in total. The first-order valence-electron chi connectivity index (χ1n) is 5.22. The molecule has 82 valence electrons. The Labute approximate surface area is 88.1 Å². The van der Waals surface area contributed by atoms with Crippen molar-refractivity contribution < 1.29 is 9.90 Å². The van der Waals surface area contributed by atoms with Crippen LogP contribution in [0.5, 0.6) is 0 Å². The van der Waals surface area contributed by atoms with Crippen LogP contribution < -0.4 is 5.32 Å². The highest BCUT2D eigenvalue weighted by Gasteiger charge is 2.19. The van der Waals surface area contributed by atoms with Crippen LogP contribution >= 0.6 is 0 Å². The Bertz CT molecular complexity index is 384. The molecule has 5 nitrogen and oxygen atoms in total. The van der Waals surface area contributed by atoms with E-state index in [0.717, 1.165) is 37.3 Å². The summed E-state index contributed by atoms with van der Waals surface area (Å²) in [4.78, 5) is 10.7. The molecule has 1 aliphatic rings. The molecule has 2 heterocycles. The first-order valence-corrected chi connectivity index (χ1v) is 5.22. The molecule has 5 heteroatoms. The number of nitrogens with zero attached hydrogens (tertiary/aromatic N) is 2. The van der Waals surface area contributed by atoms with Gasteiger partial charge in [0.05, 0.1) is 5.69 Å². The molecule has 15 heavy (non-hydrogen) atoms. The highest BCUT2D eigenvalue weighted by Crippen LogP contribution is 2.18. The van der Waals surface area contributed by atoms with Gasteiger partial charge in [0.2, 0.25) is 0 Å². The van der Waals surface area contributed by atoms with Crippen molar-refractivity contribution in [2.75, 3.05) is 6.54 Å². The summed E-state index contributed by atoms with van der Waals surface area (Å²) < 4.78 is 1.62. The third kappa shape index (κ3) is 1.87. The van der Waals surface area contributed by atoms with Crippen LogP contribution in [0.1, 0.15) is 23.9 Å². The average Bonchev–Trinajstić information content (AvgIpc) is 2.53. The lowest BCUT2D eigenvalue weighted by Gasteiger charge is -2.12. The second-order valence-corrected chi connectivity index (χ2v) is 3.70. The Morgan fingerprint density at radius 1 is 1.67 bits per heavy atom. The number of aliphatic carboxylic acids is 1. The zero-order valence-corrected chi connectivity index (χ0v) is 8.79. The normalized spacial score (nSPS) is 15.0. The zero-order valence-electron chi connectivity index (χ0n) is 8.79. The number of carboxylic acids is 1. The Kier molecular flexibility index (Phi) is 2.73. The van der Waals surface area contributed by atoms with Crippen molar-refractivity contribution in [2.45, 2.75) is 32.9 Å². The molecule has 0 bridgehead atoms. The first kappa shape index (κ1) is 10.2. The summed E-state index contributed by atoms with van der Waals surface area (Å²) in [7, 11) is 0. The van der Waals surface area contributed by atoms with Gasteiger partial charge in [-0.1, -0.05) is 6.92 Å². The van der Waals surface area contributed by atoms with Gasteiger partial charge in [0.15, 0.2) is 0 Å². The van der Waals surface area contributed by atoms with E-state index in [1.165, 1.54) is 5.56 Å². The number of carboxylic acid groups (broad SMARTS) is 1. The summed E-state index contributed by atoms with van der Waals surface area (Å²) in [5.74, 6) is -0.836. The van der Waals surface area contributed by atoms with E-state index in [4.69, 9.17) is 5.11 Å². The molecule has 0 aromatic carbocycles. The highest BCUT2D eigenvalue weighted by atomic mass is 16.4. The van der Waals surface area contributed by atoms with Gasteiger partial charge in [-0.25, -0.2) is 0 Å². The fraction of sp³-hybridized carbons (Fsp3) is 0.600. The highest BCUT2D eigenvalue weighted by molar-refractivity contribution is 5.66. The molecule has 1 aromatic heterocycles. The fourth-order valence-electron chi connectivity index (χ4n) is 2.07. The monoisotopic (exact) mass is 209 g/mol. The lowest BCUT2D eigenvalue weighted by atomic mass is 10.1. The van der Waals surface area contributed by atoms with Gasteiger partial charge in [0.1, 0.15) is 6.54 Å². The Balaban J connectivity index is 2.37. The maximum Gasteiger partial charge on any atom is 0.325 e. The Hall–Kier alpha value is -1.36. The van der Waals surface area contributed by atoms with Gasteiger partial charge in [-0.2, -0.15) is 5.10 Å². The molecule has 0 spiro atoms. The van der Waals surface area contributed by atoms with Crippen molar-refractivity contribution in [2.24, 2.45) is 0 Å². The first-order chi connectivity index (χ1) is 7.22. The number of hydrogen-bond acceptors (Lipinski definition) is 3. The van der Waals surface area contributed by atoms with Gasteiger partial charge in [-0.3, -0.25) is 9.48 Å². The van der Waals surface area contributed by atoms with E-state index in [9.17, 15) is 4.79 Å². The minimum absolute atomic E-state index is 0.0316. The average molecular weight is 209 g/mol. The fourth-order valence-corrected chi connectivity index (χ4v) is 2.07. The summed E-state index contributed by atoms with van der Waals surface area (Å²) in [6, 6.07) is 0. The van der Waals surface area contributed by atoms with Crippen molar-refractivity contribution in [1.82, 2.24) is 15.1 Å². The lowest BCUT2D eigenvalue weighted by Crippen LogP contribution is -2.23. The summed E-state index contributed by atoms with van der Waals surface area (Å²) in [6.07, 6.45) is 1.73. The van der Waals surface area contributed by atoms with E-state index in [2.05, 4.69) is 10.4 Å². The predicted octanol–water partition coefficient (Wildman–Crippen LogP) is 0.176. The van der Waals surface area contributed by atoms with Gasteiger partial charge in [0.25, 0.3) is 0 Å². The van der Waals surface area contributed by atoms with Crippen LogP contribution in [0, 0.1) is 0 Å². The Morgan fingerprint density at radius 2 is 2.47 bits per heavy atom. The number of hydrogen-bond donors (Lipinski definition) is 2. The van der Waals surface area contributed by atoms with E-state index in [1.807, 2.05) is 6.92 Å². The number of carbonyl (C=O) groups is 1. The smallest absolute Gasteiger partial charge is 0.325 e. The lowest BCUT2D eigenvalue weighted by molar-refractivity contribution is -0.137. The molecule has 0 atom stereocenters. The summed E-state index contributed by atoms with van der Waals surface area (Å²) in [5.41, 5.74) is 3.32. The minimum atomic E-state index is -0.836. The molecule has 1 aliphatic heterocycles. The van der Waals surface area contributed by atoms with Crippen LogP contribution in [0.4, 0.5) is 0 Å². The Morgan fingerprint density at radius 3 is 3.13 bits per heavy atom. The zero-order chi connectivity index (χ0) is 10.8. The van der Waals surface area contributed by atoms with E-state index in [0.29, 0.717) is 0 Å². The van der Waals surface area contributed by atoms with E-state index < -0.39 is 5.97 Å². The summed E-state index contributed by atoms with van der Waals surface area (Å²) in [6.45, 7) is 3.75. The SMILES string of the molecule is CCc1c2c(nn1CC(=O)O)CCNC2. The van der Waals surface area contributed by atoms with Crippen molar-refractivity contribution in [3.8, 4) is 0 Å². The van der Waals surface area contributed by atoms with Crippen molar-refractivity contribution in [3.05, 3.63) is 17.0 Å². The van der Waals surface area contributed by atoms with Crippen LogP contribution in [0.15, 0.2) is 0 Å². The topological polar surface area (TPSA) is 67.2 Å². The van der Waals surface area contributed by atoms with E-state index in [1.54, 1.807) is 4.68 Å². The standard InChI is InChI=1S/C10H15N3O2/c1-2-9-7-5-11-4-3-8(7)12-13(9)6-10(14)15/h11H,2-6H2,1H3,(H,14,15). The third-order valence-electron chi connectivity index (χ3n) is 2.71. The van der Waals surface area contributed by atoms with Crippen LogP contribution in [0.2, 0.25) is 0 Å². The second kappa shape index (κ2) is 4.02. The predicted molar refractivity (Wildman–Crippen MR) is 54.7 cm³/mol. The summed E-state index contributed by atoms with van der Waals surface area (Å²) in [5, 5.41) is 16.4. The van der Waals surface area contributed by atoms with Crippen molar-refractivity contribution >= 4 is 5.97 Å². The van der Waals surface area contributed by atoms with Gasteiger partial charge in [0, 0.05) is 30.8 Å². The largest absolute Gasteiger partial charge is 0.480 e. The molecule has 0 saturated heterocycles. The van der Waals surface area contributed by atoms with Crippen LogP contribution in [0.25, 0.3) is 0 Å². The van der Waals surface area contributed by atoms with E-state index in [-0.39, 0.29) is 6.54 Å². The van der Waals surface area contributed by atoms with Gasteiger partial charge in [-0.05, 0) is 6.42 Å². The summed E-state index contributed by atoms with van der Waals surface area (Å²) >= 11 is 0. The number of nitrogens with one attached hydrogen (secondary N) is 1. The number of aromatic nitrogens is 2. The maximum atomic E-state index is 10.7.